The van der Waals surface area contributed by atoms with E-state index in [9.17, 15) is 18.9 Å². The number of piperidine rings is 2. The second kappa shape index (κ2) is 20.5. The monoisotopic (exact) mass is 1040 g/mol. The normalized spacial score (nSPS) is 17.7. The van der Waals surface area contributed by atoms with Gasteiger partial charge in [0.05, 0.1) is 33.5 Å². The fourth-order valence-electron chi connectivity index (χ4n) is 10.1. The molecule has 9 rings (SSSR count). The number of hydrogen-bond acceptors (Lipinski definition) is 14. The average Bonchev–Trinajstić information content (AvgIpc) is 3.67. The van der Waals surface area contributed by atoms with Crippen molar-refractivity contribution in [1.82, 2.24) is 34.6 Å². The molecule has 3 fully saturated rings. The molecule has 0 bridgehead atoms. The average molecular weight is 1040 g/mol. The van der Waals surface area contributed by atoms with Gasteiger partial charge >= 0.3 is 5.76 Å². The molecule has 0 spiro atoms. The van der Waals surface area contributed by atoms with Gasteiger partial charge in [-0.15, -0.1) is 0 Å². The maximum atomic E-state index is 15.8. The molecule has 1 atom stereocenters. The second-order valence-corrected chi connectivity index (χ2v) is 22.5. The third-order valence-corrected chi connectivity index (χ3v) is 15.9. The molecule has 3 N–H and O–H groups in total. The predicted octanol–water partition coefficient (Wildman–Crippen LogP) is 8.04. The highest BCUT2D eigenvalue weighted by molar-refractivity contribution is 9.10. The van der Waals surface area contributed by atoms with Crippen LogP contribution < -0.4 is 36.6 Å². The largest absolute Gasteiger partial charge is 0.492 e. The smallest absolute Gasteiger partial charge is 0.420 e. The first-order valence-electron chi connectivity index (χ1n) is 24.0. The molecule has 0 saturated carbocycles. The number of aromatic nitrogens is 4. The maximum absolute atomic E-state index is 15.8. The third kappa shape index (κ3) is 10.1. The molecule has 0 radical (unpaired) electrons. The number of fused-ring (bicyclic) bond motifs is 2. The molecular weight excluding hydrogens is 985 g/mol. The van der Waals surface area contributed by atoms with Crippen LogP contribution in [0.4, 0.5) is 37.6 Å². The van der Waals surface area contributed by atoms with E-state index < -0.39 is 48.0 Å². The zero-order valence-corrected chi connectivity index (χ0v) is 42.5. The maximum Gasteiger partial charge on any atom is 0.420 e. The van der Waals surface area contributed by atoms with Crippen LogP contribution in [0.5, 0.6) is 5.75 Å². The summed E-state index contributed by atoms with van der Waals surface area (Å²) in [6, 6.07) is 12.4. The number of rotatable bonds is 15. The number of halogens is 3. The van der Waals surface area contributed by atoms with Gasteiger partial charge in [-0.2, -0.15) is 4.98 Å². The van der Waals surface area contributed by atoms with Gasteiger partial charge in [0.1, 0.15) is 30.6 Å². The highest BCUT2D eigenvalue weighted by atomic mass is 79.9. The minimum Gasteiger partial charge on any atom is -0.492 e. The Hall–Kier alpha value is -5.75. The number of nitrogens with zero attached hydrogens (tertiary/aromatic N) is 7. The molecule has 6 heterocycles. The summed E-state index contributed by atoms with van der Waals surface area (Å²) in [5.74, 6) is -2.34. The zero-order chi connectivity index (χ0) is 49.4. The lowest BCUT2D eigenvalue weighted by Crippen LogP contribution is -2.53. The molecule has 2 amide bonds. The predicted molar refractivity (Wildman–Crippen MR) is 272 cm³/mol. The number of amides is 2. The molecule has 3 aromatic heterocycles. The number of pyridine rings is 1. The van der Waals surface area contributed by atoms with Crippen LogP contribution in [0, 0.1) is 11.6 Å². The van der Waals surface area contributed by atoms with Crippen LogP contribution >= 0.6 is 23.1 Å². The van der Waals surface area contributed by atoms with Crippen molar-refractivity contribution >= 4 is 91.0 Å². The Morgan fingerprint density at radius 1 is 0.914 bits per heavy atom. The SMILES string of the molecule is CCOc1cc(N2CCC(N3CCN(CCc4c(F)cc5c(oc(=O)n5C5CCC(=O)NC5=O)c4F)CC3)CC2)c(CC)cc1Nc1ncc(Br)c(Nc2ccc3nc(CC)ccc3c2P(C)(C)=O)n1. The molecule has 3 saturated heterocycles. The molecule has 3 aliphatic rings. The van der Waals surface area contributed by atoms with Gasteiger partial charge in [-0.05, 0) is 105 Å². The van der Waals surface area contributed by atoms with E-state index in [4.69, 9.17) is 19.1 Å². The fraction of sp³-hybridized carbons (Fsp3) is 0.440. The third-order valence-electron chi connectivity index (χ3n) is 13.7. The molecule has 370 valence electrons. The van der Waals surface area contributed by atoms with Crippen LogP contribution in [0.3, 0.4) is 0 Å². The van der Waals surface area contributed by atoms with E-state index in [-0.39, 0.29) is 30.3 Å². The highest BCUT2D eigenvalue weighted by Gasteiger charge is 2.34. The van der Waals surface area contributed by atoms with Crippen LogP contribution in [-0.4, -0.2) is 113 Å². The van der Waals surface area contributed by atoms with Gasteiger partial charge < -0.3 is 34.2 Å². The summed E-state index contributed by atoms with van der Waals surface area (Å²) in [4.78, 5) is 58.3. The molecule has 3 aromatic carbocycles. The Morgan fingerprint density at radius 3 is 2.39 bits per heavy atom. The molecule has 16 nitrogen and oxygen atoms in total. The van der Waals surface area contributed by atoms with Crippen LogP contribution in [-0.2, 0) is 33.4 Å². The van der Waals surface area contributed by atoms with Gasteiger partial charge in [-0.1, -0.05) is 19.9 Å². The van der Waals surface area contributed by atoms with Gasteiger partial charge in [0, 0.05) is 104 Å². The van der Waals surface area contributed by atoms with E-state index in [1.807, 2.05) is 31.2 Å². The first kappa shape index (κ1) is 49.2. The molecule has 20 heteroatoms. The van der Waals surface area contributed by atoms with Gasteiger partial charge in [0.2, 0.25) is 17.8 Å². The molecule has 0 aliphatic carbocycles. The van der Waals surface area contributed by atoms with Crippen LogP contribution in [0.2, 0.25) is 0 Å². The van der Waals surface area contributed by atoms with Crippen molar-refractivity contribution in [2.45, 2.75) is 77.8 Å². The number of ether oxygens (including phenoxy) is 1. The summed E-state index contributed by atoms with van der Waals surface area (Å²) in [7, 11) is -2.76. The quantitative estimate of drug-likeness (QED) is 0.0665. The Morgan fingerprint density at radius 2 is 1.69 bits per heavy atom. The first-order valence-corrected chi connectivity index (χ1v) is 27.4. The van der Waals surface area contributed by atoms with E-state index >= 15 is 8.78 Å². The van der Waals surface area contributed by atoms with Crippen molar-refractivity contribution in [3.8, 4) is 5.75 Å². The van der Waals surface area contributed by atoms with Gasteiger partial charge in [-0.25, -0.2) is 18.6 Å². The minimum absolute atomic E-state index is 0.000635. The summed E-state index contributed by atoms with van der Waals surface area (Å²) in [5, 5.41) is 10.6. The standard InChI is InChI=1S/C50H58BrF2N10O6P/c1-6-29-25-38(57-49-54-28-34(51)47(59-49)56-37-12-11-36-33(46(37)70(4,5)67)10-9-30(7-2)55-36)42(68-8-3)27-40(29)62-19-15-31(16-20-62)61-23-21-60(22-24-61)18-17-32-35(52)26-41-45(44(32)53)69-50(66)63(41)39-13-14-43(64)58-48(39)65/h9-12,25-28,31,39H,6-8,13-24H2,1-5H3,(H,58,64,65)(H2,54,56,57,59). The highest BCUT2D eigenvalue weighted by Crippen LogP contribution is 2.43. The number of imide groups is 1. The lowest BCUT2D eigenvalue weighted by atomic mass is 9.99. The van der Waals surface area contributed by atoms with Crippen molar-refractivity contribution in [3.63, 3.8) is 0 Å². The fourth-order valence-corrected chi connectivity index (χ4v) is 11.9. The van der Waals surface area contributed by atoms with Crippen molar-refractivity contribution in [1.29, 1.82) is 0 Å². The van der Waals surface area contributed by atoms with Crippen molar-refractivity contribution in [3.05, 3.63) is 92.1 Å². The number of carbonyl (C=O) groups excluding carboxylic acids is 2. The molecule has 70 heavy (non-hydrogen) atoms. The van der Waals surface area contributed by atoms with Crippen molar-refractivity contribution in [2.75, 3.05) is 81.3 Å². The van der Waals surface area contributed by atoms with Gasteiger partial charge in [0.25, 0.3) is 0 Å². The number of hydrogen-bond donors (Lipinski definition) is 3. The summed E-state index contributed by atoms with van der Waals surface area (Å²) >= 11 is 3.62. The van der Waals surface area contributed by atoms with Crippen molar-refractivity contribution in [2.24, 2.45) is 0 Å². The Bertz CT molecular complexity index is 3090. The van der Waals surface area contributed by atoms with Crippen molar-refractivity contribution < 1.29 is 32.1 Å². The number of aryl methyl sites for hydroxylation is 2. The number of benzene rings is 3. The topological polar surface area (TPSA) is 180 Å². The Balaban J connectivity index is 0.825. The molecule has 1 unspecified atom stereocenters. The molecular formula is C50H58BrF2N10O6P. The van der Waals surface area contributed by atoms with Gasteiger partial charge in [-0.3, -0.25) is 29.4 Å². The van der Waals surface area contributed by atoms with E-state index in [2.05, 4.69) is 77.5 Å². The lowest BCUT2D eigenvalue weighted by Gasteiger charge is -2.43. The van der Waals surface area contributed by atoms with Crippen LogP contribution in [0.25, 0.3) is 22.0 Å². The zero-order valence-electron chi connectivity index (χ0n) is 40.0. The molecule has 3 aliphatic heterocycles. The number of anilines is 5. The lowest BCUT2D eigenvalue weighted by molar-refractivity contribution is -0.135. The van der Waals surface area contributed by atoms with E-state index in [1.54, 1.807) is 19.5 Å². The van der Waals surface area contributed by atoms with E-state index in [1.165, 1.54) is 0 Å². The summed E-state index contributed by atoms with van der Waals surface area (Å²) in [5.41, 5.74) is 4.81. The number of piperazine rings is 1. The Kier molecular flexibility index (Phi) is 14.4. The summed E-state index contributed by atoms with van der Waals surface area (Å²) in [6.45, 7) is 15.5. The minimum atomic E-state index is -2.76. The van der Waals surface area contributed by atoms with E-state index in [0.29, 0.717) is 52.2 Å². The van der Waals surface area contributed by atoms with Crippen LogP contribution in [0.1, 0.15) is 69.3 Å². The molecule has 6 aromatic rings. The first-order chi connectivity index (χ1) is 33.6. The van der Waals surface area contributed by atoms with E-state index in [0.717, 1.165) is 109 Å². The summed E-state index contributed by atoms with van der Waals surface area (Å²) in [6.07, 6.45) is 5.37. The number of carbonyl (C=O) groups is 2. The Labute approximate surface area is 413 Å². The second-order valence-electron chi connectivity index (χ2n) is 18.5. The number of nitrogens with one attached hydrogen (secondary N) is 3. The van der Waals surface area contributed by atoms with Gasteiger partial charge in [0.15, 0.2) is 11.4 Å². The van der Waals surface area contributed by atoms with Crippen LogP contribution in [0.15, 0.2) is 62.3 Å². The summed E-state index contributed by atoms with van der Waals surface area (Å²) < 4.78 is 58.0. The number of oxazole rings is 1.